The van der Waals surface area contributed by atoms with E-state index >= 15 is 0 Å². The highest BCUT2D eigenvalue weighted by molar-refractivity contribution is 6.64. The summed E-state index contributed by atoms with van der Waals surface area (Å²) in [5.41, 5.74) is 0.593. The van der Waals surface area contributed by atoms with Crippen molar-refractivity contribution in [3.05, 3.63) is 29.3 Å². The number of carbonyl (C=O) groups is 2. The van der Waals surface area contributed by atoms with E-state index in [1.54, 1.807) is 26.8 Å². The molecule has 0 atom stereocenters. The average molecular weight is 404 g/mol. The fourth-order valence-electron chi connectivity index (χ4n) is 2.90. The molecular formula is C21H33BN2O5. The van der Waals surface area contributed by atoms with Crippen molar-refractivity contribution in [3.8, 4) is 0 Å². The molecule has 2 N–H and O–H groups in total. The summed E-state index contributed by atoms with van der Waals surface area (Å²) in [6.07, 6.45) is -0.514. The van der Waals surface area contributed by atoms with Crippen LogP contribution in [0.2, 0.25) is 0 Å². The van der Waals surface area contributed by atoms with Crippen LogP contribution in [0.15, 0.2) is 18.2 Å². The number of hydrogen-bond donors (Lipinski definition) is 2. The van der Waals surface area contributed by atoms with Gasteiger partial charge in [-0.1, -0.05) is 17.7 Å². The second-order valence-electron chi connectivity index (χ2n) is 9.31. The lowest BCUT2D eigenvalue weighted by Crippen LogP contribution is -2.43. The number of rotatable bonds is 5. The predicted octanol–water partition coefficient (Wildman–Crippen LogP) is 2.55. The fourth-order valence-corrected chi connectivity index (χ4v) is 2.90. The summed E-state index contributed by atoms with van der Waals surface area (Å²) in [6, 6.07) is 5.52. The Morgan fingerprint density at radius 3 is 2.14 bits per heavy atom. The van der Waals surface area contributed by atoms with Gasteiger partial charge in [0.05, 0.1) is 11.2 Å². The van der Waals surface area contributed by atoms with E-state index in [0.717, 1.165) is 11.0 Å². The van der Waals surface area contributed by atoms with Crippen LogP contribution < -0.4 is 16.1 Å². The van der Waals surface area contributed by atoms with Crippen LogP contribution in [0.4, 0.5) is 4.79 Å². The van der Waals surface area contributed by atoms with Crippen LogP contribution in [0.5, 0.6) is 0 Å². The molecule has 0 spiro atoms. The first-order chi connectivity index (χ1) is 13.2. The number of ether oxygens (including phenoxy) is 1. The molecule has 1 aliphatic heterocycles. The van der Waals surface area contributed by atoms with E-state index < -0.39 is 30.0 Å². The van der Waals surface area contributed by atoms with Gasteiger partial charge in [-0.05, 0) is 66.9 Å². The monoisotopic (exact) mass is 404 g/mol. The van der Waals surface area contributed by atoms with Crippen molar-refractivity contribution in [2.24, 2.45) is 0 Å². The van der Waals surface area contributed by atoms with E-state index in [1.807, 2.05) is 46.8 Å². The van der Waals surface area contributed by atoms with Crippen molar-refractivity contribution in [1.82, 2.24) is 10.6 Å². The Balaban J connectivity index is 2.03. The largest absolute Gasteiger partial charge is 0.495 e. The first kappa shape index (κ1) is 23.2. The van der Waals surface area contributed by atoms with Gasteiger partial charge in [-0.3, -0.25) is 4.79 Å². The minimum atomic E-state index is -0.623. The Morgan fingerprint density at radius 2 is 1.59 bits per heavy atom. The van der Waals surface area contributed by atoms with Gasteiger partial charge in [-0.2, -0.15) is 0 Å². The Hall–Kier alpha value is -2.06. The Kier molecular flexibility index (Phi) is 6.70. The second kappa shape index (κ2) is 8.36. The summed E-state index contributed by atoms with van der Waals surface area (Å²) in [4.78, 5) is 24.5. The number of aryl methyl sites for hydroxylation is 1. The molecule has 1 saturated heterocycles. The van der Waals surface area contributed by atoms with Crippen molar-refractivity contribution in [2.75, 3.05) is 13.1 Å². The number of nitrogens with one attached hydrogen (secondary N) is 2. The Labute approximate surface area is 174 Å². The van der Waals surface area contributed by atoms with Gasteiger partial charge >= 0.3 is 13.2 Å². The fraction of sp³-hybridized carbons (Fsp3) is 0.619. The van der Waals surface area contributed by atoms with E-state index in [0.29, 0.717) is 5.56 Å². The molecular weight excluding hydrogens is 371 g/mol. The van der Waals surface area contributed by atoms with Crippen molar-refractivity contribution < 1.29 is 23.6 Å². The molecule has 0 saturated carbocycles. The van der Waals surface area contributed by atoms with Crippen molar-refractivity contribution >= 4 is 24.6 Å². The summed E-state index contributed by atoms with van der Waals surface area (Å²) in [5, 5.41) is 5.45. The zero-order chi connectivity index (χ0) is 22.0. The van der Waals surface area contributed by atoms with E-state index in [2.05, 4.69) is 10.6 Å². The molecule has 0 unspecified atom stereocenters. The number of alkyl carbamates (subject to hydrolysis) is 1. The van der Waals surface area contributed by atoms with Crippen LogP contribution in [0.3, 0.4) is 0 Å². The summed E-state index contributed by atoms with van der Waals surface area (Å²) < 4.78 is 17.5. The standard InChI is InChI=1S/C21H33BN2O5/c1-14-10-9-11-15(16(14)22-28-20(5,6)21(7,8)29-22)17(25)23-12-13-24-18(26)27-19(2,3)4/h9-11H,12-13H2,1-8H3,(H,23,25)(H,24,26). The molecule has 2 amide bonds. The number of hydrogen-bond acceptors (Lipinski definition) is 5. The van der Waals surface area contributed by atoms with Crippen LogP contribution in [0.25, 0.3) is 0 Å². The molecule has 1 aliphatic rings. The molecule has 2 rings (SSSR count). The SMILES string of the molecule is Cc1cccc(C(=O)NCCNC(=O)OC(C)(C)C)c1B1OC(C)(C)C(C)(C)O1. The summed E-state index contributed by atoms with van der Waals surface area (Å²) in [7, 11) is -0.623. The third-order valence-electron chi connectivity index (χ3n) is 5.14. The third kappa shape index (κ3) is 5.73. The summed E-state index contributed by atoms with van der Waals surface area (Å²) in [5.74, 6) is -0.246. The topological polar surface area (TPSA) is 85.9 Å². The molecule has 1 fully saturated rings. The highest BCUT2D eigenvalue weighted by Gasteiger charge is 2.52. The number of amides is 2. The minimum absolute atomic E-state index is 0.246. The Morgan fingerprint density at radius 1 is 1.03 bits per heavy atom. The molecule has 0 aliphatic carbocycles. The van der Waals surface area contributed by atoms with E-state index in [9.17, 15) is 9.59 Å². The molecule has 29 heavy (non-hydrogen) atoms. The van der Waals surface area contributed by atoms with Crippen molar-refractivity contribution in [2.45, 2.75) is 72.2 Å². The Bertz CT molecular complexity index is 755. The first-order valence-electron chi connectivity index (χ1n) is 9.94. The third-order valence-corrected chi connectivity index (χ3v) is 5.14. The van der Waals surface area contributed by atoms with Gasteiger partial charge in [0.2, 0.25) is 0 Å². The van der Waals surface area contributed by atoms with Crippen molar-refractivity contribution in [3.63, 3.8) is 0 Å². The maximum atomic E-state index is 12.8. The van der Waals surface area contributed by atoms with E-state index in [-0.39, 0.29) is 19.0 Å². The van der Waals surface area contributed by atoms with Gasteiger partial charge < -0.3 is 24.7 Å². The quantitative estimate of drug-likeness (QED) is 0.582. The zero-order valence-corrected chi connectivity index (χ0v) is 18.8. The van der Waals surface area contributed by atoms with Crippen molar-refractivity contribution in [1.29, 1.82) is 0 Å². The minimum Gasteiger partial charge on any atom is -0.444 e. The molecule has 0 aromatic heterocycles. The van der Waals surface area contributed by atoms with E-state index in [1.165, 1.54) is 0 Å². The molecule has 0 bridgehead atoms. The predicted molar refractivity (Wildman–Crippen MR) is 113 cm³/mol. The van der Waals surface area contributed by atoms with Crippen LogP contribution in [-0.4, -0.2) is 49.0 Å². The first-order valence-corrected chi connectivity index (χ1v) is 9.94. The zero-order valence-electron chi connectivity index (χ0n) is 18.8. The second-order valence-corrected chi connectivity index (χ2v) is 9.31. The lowest BCUT2D eigenvalue weighted by Gasteiger charge is -2.32. The van der Waals surface area contributed by atoms with Gasteiger partial charge in [0.1, 0.15) is 5.60 Å². The van der Waals surface area contributed by atoms with Gasteiger partial charge in [-0.15, -0.1) is 0 Å². The molecule has 1 heterocycles. The maximum Gasteiger partial charge on any atom is 0.495 e. The number of benzene rings is 1. The maximum absolute atomic E-state index is 12.8. The van der Waals surface area contributed by atoms with Gasteiger partial charge in [0, 0.05) is 18.7 Å². The van der Waals surface area contributed by atoms with Gasteiger partial charge in [-0.25, -0.2) is 4.79 Å². The highest BCUT2D eigenvalue weighted by Crippen LogP contribution is 2.36. The van der Waals surface area contributed by atoms with Crippen LogP contribution in [0, 0.1) is 6.92 Å². The molecule has 7 nitrogen and oxygen atoms in total. The molecule has 160 valence electrons. The highest BCUT2D eigenvalue weighted by atomic mass is 16.7. The van der Waals surface area contributed by atoms with Crippen LogP contribution >= 0.6 is 0 Å². The normalized spacial score (nSPS) is 17.7. The van der Waals surface area contributed by atoms with Crippen LogP contribution in [-0.2, 0) is 14.0 Å². The molecule has 0 radical (unpaired) electrons. The average Bonchev–Trinajstić information content (AvgIpc) is 2.77. The van der Waals surface area contributed by atoms with Crippen LogP contribution in [0.1, 0.15) is 64.4 Å². The molecule has 1 aromatic carbocycles. The summed E-state index contributed by atoms with van der Waals surface area (Å²) >= 11 is 0. The number of carbonyl (C=O) groups excluding carboxylic acids is 2. The van der Waals surface area contributed by atoms with Gasteiger partial charge in [0.15, 0.2) is 0 Å². The summed E-state index contributed by atoms with van der Waals surface area (Å²) in [6.45, 7) is 15.8. The molecule has 8 heteroatoms. The van der Waals surface area contributed by atoms with E-state index in [4.69, 9.17) is 14.0 Å². The lowest BCUT2D eigenvalue weighted by molar-refractivity contribution is 0.00578. The molecule has 1 aromatic rings. The smallest absolute Gasteiger partial charge is 0.444 e. The van der Waals surface area contributed by atoms with Gasteiger partial charge in [0.25, 0.3) is 5.91 Å². The lowest BCUT2D eigenvalue weighted by atomic mass is 9.73.